The summed E-state index contributed by atoms with van der Waals surface area (Å²) < 4.78 is 53.8. The molecule has 1 aromatic heterocycles. The van der Waals surface area contributed by atoms with Crippen LogP contribution in [-0.4, -0.2) is 71.0 Å². The first kappa shape index (κ1) is 28.3. The van der Waals surface area contributed by atoms with Crippen LogP contribution in [0.2, 0.25) is 0 Å². The SMILES string of the molecule is CN=C(NCCSCc1csc(N=C(N)N)n1)NS(=O)(=O)c1cccc(S(=O)(=O)N(C)CC#N)c1. The molecular formula is C18H25N9O4S4. The molecule has 0 bridgehead atoms. The average Bonchev–Trinajstić information content (AvgIpc) is 3.24. The van der Waals surface area contributed by atoms with Gasteiger partial charge in [-0.2, -0.15) is 26.3 Å². The third kappa shape index (κ3) is 8.36. The maximum absolute atomic E-state index is 12.8. The second-order valence-corrected chi connectivity index (χ2v) is 12.4. The molecule has 0 aliphatic rings. The van der Waals surface area contributed by atoms with E-state index in [4.69, 9.17) is 16.7 Å². The van der Waals surface area contributed by atoms with Crippen molar-refractivity contribution in [3.63, 3.8) is 0 Å². The maximum Gasteiger partial charge on any atom is 0.264 e. The van der Waals surface area contributed by atoms with Crippen molar-refractivity contribution in [1.82, 2.24) is 19.3 Å². The van der Waals surface area contributed by atoms with E-state index in [1.54, 1.807) is 17.8 Å². The van der Waals surface area contributed by atoms with Crippen LogP contribution in [-0.2, 0) is 25.8 Å². The Hall–Kier alpha value is -2.91. The van der Waals surface area contributed by atoms with Crippen LogP contribution in [0.1, 0.15) is 5.69 Å². The first-order valence-corrected chi connectivity index (χ1v) is 14.7. The van der Waals surface area contributed by atoms with Gasteiger partial charge in [-0.1, -0.05) is 6.07 Å². The molecule has 0 radical (unpaired) electrons. The van der Waals surface area contributed by atoms with Gasteiger partial charge in [0.1, 0.15) is 6.54 Å². The van der Waals surface area contributed by atoms with Crippen molar-refractivity contribution in [2.75, 3.05) is 32.9 Å². The van der Waals surface area contributed by atoms with E-state index in [2.05, 4.69) is 25.0 Å². The minimum Gasteiger partial charge on any atom is -0.370 e. The number of rotatable bonds is 11. The molecule has 0 spiro atoms. The van der Waals surface area contributed by atoms with Crippen molar-refractivity contribution in [2.45, 2.75) is 15.5 Å². The largest absolute Gasteiger partial charge is 0.370 e. The average molecular weight is 560 g/mol. The Morgan fingerprint density at radius 2 is 2.00 bits per heavy atom. The Labute approximate surface area is 212 Å². The predicted molar refractivity (Wildman–Crippen MR) is 137 cm³/mol. The Balaban J connectivity index is 1.94. The molecule has 0 saturated heterocycles. The number of hydrogen-bond acceptors (Lipinski definition) is 10. The van der Waals surface area contributed by atoms with Gasteiger partial charge >= 0.3 is 0 Å². The van der Waals surface area contributed by atoms with Gasteiger partial charge in [-0.15, -0.1) is 11.3 Å². The summed E-state index contributed by atoms with van der Waals surface area (Å²) in [5.74, 6) is 1.18. The van der Waals surface area contributed by atoms with E-state index in [1.165, 1.54) is 43.6 Å². The standard InChI is InChI=1S/C18H25N9O4S4/c1-22-17(23-7-9-32-11-13-12-33-18(24-13)25-16(20)21)26-34(28,29)14-4-3-5-15(10-14)35(30,31)27(2)8-6-19/h3-5,10,12H,7-9,11H2,1-2H3,(H2,22,23,26)(H4,20,21,24,25). The van der Waals surface area contributed by atoms with Gasteiger partial charge in [0.2, 0.25) is 21.1 Å². The molecule has 0 unspecified atom stereocenters. The molecule has 6 N–H and O–H groups in total. The summed E-state index contributed by atoms with van der Waals surface area (Å²) >= 11 is 2.88. The topological polar surface area (TPSA) is 209 Å². The third-order valence-electron chi connectivity index (χ3n) is 4.13. The smallest absolute Gasteiger partial charge is 0.264 e. The number of thioether (sulfide) groups is 1. The molecule has 0 aliphatic carbocycles. The Kier molecular flexibility index (Phi) is 10.3. The minimum absolute atomic E-state index is 0.00385. The quantitative estimate of drug-likeness (QED) is 0.125. The molecule has 0 aliphatic heterocycles. The highest BCUT2D eigenvalue weighted by Gasteiger charge is 2.24. The van der Waals surface area contributed by atoms with Gasteiger partial charge < -0.3 is 16.8 Å². The number of hydrogen-bond donors (Lipinski definition) is 4. The lowest BCUT2D eigenvalue weighted by molar-refractivity contribution is 0.501. The van der Waals surface area contributed by atoms with Crippen molar-refractivity contribution >= 4 is 60.2 Å². The molecule has 1 heterocycles. The molecule has 0 amide bonds. The van der Waals surface area contributed by atoms with Gasteiger partial charge in [0, 0.05) is 37.5 Å². The molecule has 2 aromatic rings. The number of guanidine groups is 2. The van der Waals surface area contributed by atoms with Crippen molar-refractivity contribution in [2.24, 2.45) is 21.5 Å². The van der Waals surface area contributed by atoms with Crippen molar-refractivity contribution < 1.29 is 16.8 Å². The van der Waals surface area contributed by atoms with E-state index in [9.17, 15) is 16.8 Å². The lowest BCUT2D eigenvalue weighted by Gasteiger charge is -2.15. The van der Waals surface area contributed by atoms with Gasteiger partial charge in [0.15, 0.2) is 5.96 Å². The van der Waals surface area contributed by atoms with Crippen LogP contribution in [0, 0.1) is 11.3 Å². The normalized spacial score (nSPS) is 12.2. The number of nitriles is 1. The predicted octanol–water partition coefficient (Wildman–Crippen LogP) is -0.0208. The highest BCUT2D eigenvalue weighted by molar-refractivity contribution is 7.98. The van der Waals surface area contributed by atoms with E-state index in [0.717, 1.165) is 16.1 Å². The van der Waals surface area contributed by atoms with Crippen LogP contribution in [0.5, 0.6) is 0 Å². The summed E-state index contributed by atoms with van der Waals surface area (Å²) in [6.07, 6.45) is 0. The van der Waals surface area contributed by atoms with Crippen LogP contribution in [0.4, 0.5) is 5.13 Å². The molecule has 13 nitrogen and oxygen atoms in total. The second kappa shape index (κ2) is 12.7. The zero-order valence-electron chi connectivity index (χ0n) is 18.9. The zero-order valence-corrected chi connectivity index (χ0v) is 22.1. The molecule has 1 aromatic carbocycles. The number of nitrogens with zero attached hydrogens (tertiary/aromatic N) is 5. The first-order valence-electron chi connectivity index (χ1n) is 9.78. The van der Waals surface area contributed by atoms with Crippen LogP contribution >= 0.6 is 23.1 Å². The Morgan fingerprint density at radius 1 is 1.29 bits per heavy atom. The molecule has 190 valence electrons. The molecule has 35 heavy (non-hydrogen) atoms. The van der Waals surface area contributed by atoms with Crippen LogP contribution in [0.3, 0.4) is 0 Å². The molecule has 0 fully saturated rings. The Morgan fingerprint density at radius 3 is 2.66 bits per heavy atom. The molecule has 17 heteroatoms. The number of sulfonamides is 2. The fraction of sp³-hybridized carbons (Fsp3) is 0.333. The van der Waals surface area contributed by atoms with Crippen LogP contribution in [0.25, 0.3) is 0 Å². The highest BCUT2D eigenvalue weighted by atomic mass is 32.2. The highest BCUT2D eigenvalue weighted by Crippen LogP contribution is 2.21. The van der Waals surface area contributed by atoms with Crippen LogP contribution < -0.4 is 21.5 Å². The van der Waals surface area contributed by atoms with E-state index in [-0.39, 0.29) is 28.3 Å². The summed E-state index contributed by atoms with van der Waals surface area (Å²) in [7, 11) is -5.50. The lowest BCUT2D eigenvalue weighted by Crippen LogP contribution is -2.41. The van der Waals surface area contributed by atoms with Crippen molar-refractivity contribution in [1.29, 1.82) is 5.26 Å². The van der Waals surface area contributed by atoms with E-state index < -0.39 is 20.0 Å². The monoisotopic (exact) mass is 559 g/mol. The summed E-state index contributed by atoms with van der Waals surface area (Å²) in [5, 5.41) is 14.0. The van der Waals surface area contributed by atoms with E-state index >= 15 is 0 Å². The number of nitrogens with two attached hydrogens (primary N) is 2. The number of nitrogens with one attached hydrogen (secondary N) is 2. The van der Waals surface area contributed by atoms with Gasteiger partial charge in [0.25, 0.3) is 10.0 Å². The second-order valence-electron chi connectivity index (χ2n) is 6.71. The summed E-state index contributed by atoms with van der Waals surface area (Å²) in [6, 6.07) is 6.60. The summed E-state index contributed by atoms with van der Waals surface area (Å²) in [4.78, 5) is 11.6. The molecule has 0 saturated carbocycles. The van der Waals surface area contributed by atoms with Gasteiger partial charge in [-0.05, 0) is 18.2 Å². The third-order valence-corrected chi connectivity index (χ3v) is 9.04. The number of benzene rings is 1. The molecule has 2 rings (SSSR count). The number of aliphatic imine (C=N–C) groups is 2. The Bertz CT molecular complexity index is 1330. The van der Waals surface area contributed by atoms with Crippen LogP contribution in [0.15, 0.2) is 49.4 Å². The molecule has 0 atom stereocenters. The van der Waals surface area contributed by atoms with E-state index in [1.807, 2.05) is 5.38 Å². The number of aromatic nitrogens is 1. The molecular weight excluding hydrogens is 535 g/mol. The summed E-state index contributed by atoms with van der Waals surface area (Å²) in [6.45, 7) is 0.0319. The van der Waals surface area contributed by atoms with Crippen molar-refractivity contribution in [3.05, 3.63) is 35.3 Å². The maximum atomic E-state index is 12.8. The van der Waals surface area contributed by atoms with Gasteiger partial charge in [-0.3, -0.25) is 4.99 Å². The van der Waals surface area contributed by atoms with Gasteiger partial charge in [-0.25, -0.2) is 26.5 Å². The fourth-order valence-corrected chi connectivity index (χ4v) is 6.28. The lowest BCUT2D eigenvalue weighted by atomic mass is 10.4. The van der Waals surface area contributed by atoms with Gasteiger partial charge in [0.05, 0.1) is 21.6 Å². The van der Waals surface area contributed by atoms with E-state index in [0.29, 0.717) is 23.2 Å². The fourth-order valence-electron chi connectivity index (χ4n) is 2.46. The minimum atomic E-state index is -4.12. The zero-order chi connectivity index (χ0) is 26.1. The first-order chi connectivity index (χ1) is 16.5. The summed E-state index contributed by atoms with van der Waals surface area (Å²) in [5.41, 5.74) is 11.5. The van der Waals surface area contributed by atoms with Crippen molar-refractivity contribution in [3.8, 4) is 6.07 Å². The number of thiazole rings is 1.